The van der Waals surface area contributed by atoms with Crippen molar-refractivity contribution in [1.29, 1.82) is 0 Å². The second-order valence-electron chi connectivity index (χ2n) is 8.60. The molecule has 0 aliphatic heterocycles. The zero-order valence-corrected chi connectivity index (χ0v) is 23.3. The van der Waals surface area contributed by atoms with Crippen LogP contribution in [0.15, 0.2) is 53.5 Å². The molecule has 184 valence electrons. The van der Waals surface area contributed by atoms with Crippen molar-refractivity contribution in [1.82, 2.24) is 25.4 Å². The first-order chi connectivity index (χ1) is 15.9. The summed E-state index contributed by atoms with van der Waals surface area (Å²) in [6.45, 7) is 9.35. The maximum Gasteiger partial charge on any atom is 0.191 e. The van der Waals surface area contributed by atoms with Crippen LogP contribution in [-0.4, -0.2) is 47.4 Å². The topological polar surface area (TPSA) is 70.4 Å². The average molecular weight is 576 g/mol. The molecule has 8 heteroatoms. The lowest BCUT2D eigenvalue weighted by molar-refractivity contribution is 0.715. The Morgan fingerprint density at radius 1 is 0.971 bits per heavy atom. The molecule has 3 aromatic rings. The molecule has 2 N–H and O–H groups in total. The first-order valence-corrected chi connectivity index (χ1v) is 11.6. The number of anilines is 1. The zero-order chi connectivity index (χ0) is 23.6. The SMILES string of the molecule is Cc1cc(C)cc(CCNC(=NCc2nnc(C)n2C)NCCCN(C)c2ccccc2)c1.I. The maximum atomic E-state index is 4.77. The van der Waals surface area contributed by atoms with Gasteiger partial charge in [-0.15, -0.1) is 34.2 Å². The van der Waals surface area contributed by atoms with Crippen molar-refractivity contribution in [3.63, 3.8) is 0 Å². The molecule has 0 saturated carbocycles. The lowest BCUT2D eigenvalue weighted by Gasteiger charge is -2.20. The van der Waals surface area contributed by atoms with Crippen LogP contribution in [0.1, 0.15) is 34.8 Å². The third-order valence-corrected chi connectivity index (χ3v) is 5.71. The van der Waals surface area contributed by atoms with Crippen LogP contribution in [0.3, 0.4) is 0 Å². The molecule has 0 saturated heterocycles. The normalized spacial score (nSPS) is 11.1. The summed E-state index contributed by atoms with van der Waals surface area (Å²) in [4.78, 5) is 7.04. The highest BCUT2D eigenvalue weighted by Crippen LogP contribution is 2.11. The van der Waals surface area contributed by atoms with Crippen molar-refractivity contribution >= 4 is 35.6 Å². The molecule has 0 aliphatic rings. The number of aromatic nitrogens is 3. The lowest BCUT2D eigenvalue weighted by atomic mass is 10.1. The van der Waals surface area contributed by atoms with Crippen molar-refractivity contribution in [2.45, 2.75) is 40.2 Å². The Morgan fingerprint density at radius 2 is 1.65 bits per heavy atom. The monoisotopic (exact) mass is 575 g/mol. The Balaban J connectivity index is 0.00000408. The van der Waals surface area contributed by atoms with Gasteiger partial charge >= 0.3 is 0 Å². The van der Waals surface area contributed by atoms with Crippen LogP contribution >= 0.6 is 24.0 Å². The minimum atomic E-state index is 0. The molecule has 3 rings (SSSR count). The van der Waals surface area contributed by atoms with E-state index in [1.807, 2.05) is 24.6 Å². The van der Waals surface area contributed by atoms with E-state index in [0.29, 0.717) is 6.54 Å². The fourth-order valence-electron chi connectivity index (χ4n) is 3.79. The first kappa shape index (κ1) is 27.6. The van der Waals surface area contributed by atoms with Crippen molar-refractivity contribution in [3.8, 4) is 0 Å². The third-order valence-electron chi connectivity index (χ3n) is 5.71. The van der Waals surface area contributed by atoms with Gasteiger partial charge in [0, 0.05) is 39.4 Å². The molecule has 1 heterocycles. The number of benzene rings is 2. The number of hydrogen-bond donors (Lipinski definition) is 2. The number of rotatable bonds is 10. The minimum Gasteiger partial charge on any atom is -0.375 e. The highest BCUT2D eigenvalue weighted by Gasteiger charge is 2.06. The fourth-order valence-corrected chi connectivity index (χ4v) is 3.79. The summed E-state index contributed by atoms with van der Waals surface area (Å²) < 4.78 is 1.98. The van der Waals surface area contributed by atoms with Crippen LogP contribution < -0.4 is 15.5 Å². The second kappa shape index (κ2) is 13.9. The molecule has 0 unspecified atom stereocenters. The summed E-state index contributed by atoms with van der Waals surface area (Å²) in [5, 5.41) is 15.3. The van der Waals surface area contributed by atoms with E-state index in [4.69, 9.17) is 4.99 Å². The van der Waals surface area contributed by atoms with Gasteiger partial charge in [-0.05, 0) is 51.3 Å². The van der Waals surface area contributed by atoms with Crippen LogP contribution in [0.5, 0.6) is 0 Å². The van der Waals surface area contributed by atoms with Gasteiger partial charge in [-0.3, -0.25) is 0 Å². The third kappa shape index (κ3) is 8.62. The summed E-state index contributed by atoms with van der Waals surface area (Å²) in [6, 6.07) is 17.2. The Morgan fingerprint density at radius 3 is 2.29 bits per heavy atom. The lowest BCUT2D eigenvalue weighted by Crippen LogP contribution is -2.39. The van der Waals surface area contributed by atoms with Crippen molar-refractivity contribution < 1.29 is 0 Å². The Hall–Kier alpha value is -2.62. The number of aliphatic imine (C=N–C) groups is 1. The van der Waals surface area contributed by atoms with Gasteiger partial charge in [0.15, 0.2) is 11.8 Å². The van der Waals surface area contributed by atoms with E-state index in [2.05, 4.69) is 89.1 Å². The van der Waals surface area contributed by atoms with Crippen LogP contribution in [0.2, 0.25) is 0 Å². The number of guanidine groups is 1. The molecule has 0 amide bonds. The summed E-state index contributed by atoms with van der Waals surface area (Å²) in [6.07, 6.45) is 1.95. The standard InChI is InChI=1S/C26H37N7.HI/c1-20-16-21(2)18-23(17-20)12-14-28-26(29-19-25-31-30-22(3)33(25)5)27-13-9-15-32(4)24-10-7-6-8-11-24;/h6-8,10-11,16-18H,9,12-15,19H2,1-5H3,(H2,27,28,29);1H. The summed E-state index contributed by atoms with van der Waals surface area (Å²) in [5.74, 6) is 2.55. The second-order valence-corrected chi connectivity index (χ2v) is 8.60. The molecule has 0 aliphatic carbocycles. The molecule has 0 atom stereocenters. The van der Waals surface area contributed by atoms with E-state index in [9.17, 15) is 0 Å². The first-order valence-electron chi connectivity index (χ1n) is 11.6. The number of halogens is 1. The highest BCUT2D eigenvalue weighted by atomic mass is 127. The van der Waals surface area contributed by atoms with Gasteiger partial charge in [-0.1, -0.05) is 47.5 Å². The maximum absolute atomic E-state index is 4.77. The molecule has 34 heavy (non-hydrogen) atoms. The zero-order valence-electron chi connectivity index (χ0n) is 21.0. The van der Waals surface area contributed by atoms with Gasteiger partial charge < -0.3 is 20.1 Å². The highest BCUT2D eigenvalue weighted by molar-refractivity contribution is 14.0. The molecular formula is C26H38IN7. The van der Waals surface area contributed by atoms with E-state index in [1.165, 1.54) is 22.4 Å². The van der Waals surface area contributed by atoms with Gasteiger partial charge in [0.25, 0.3) is 0 Å². The van der Waals surface area contributed by atoms with Crippen LogP contribution in [0, 0.1) is 20.8 Å². The largest absolute Gasteiger partial charge is 0.375 e. The Kier molecular flexibility index (Phi) is 11.3. The van der Waals surface area contributed by atoms with Crippen LogP contribution in [0.4, 0.5) is 5.69 Å². The molecule has 7 nitrogen and oxygen atoms in total. The van der Waals surface area contributed by atoms with Crippen molar-refractivity contribution in [3.05, 3.63) is 76.9 Å². The average Bonchev–Trinajstić information content (AvgIpc) is 3.11. The number of hydrogen-bond acceptors (Lipinski definition) is 4. The van der Waals surface area contributed by atoms with E-state index in [-0.39, 0.29) is 24.0 Å². The molecule has 1 aromatic heterocycles. The predicted molar refractivity (Wildman–Crippen MR) is 152 cm³/mol. The predicted octanol–water partition coefficient (Wildman–Crippen LogP) is 4.16. The molecular weight excluding hydrogens is 537 g/mol. The fraction of sp³-hybridized carbons (Fsp3) is 0.423. The van der Waals surface area contributed by atoms with Crippen molar-refractivity contribution in [2.24, 2.45) is 12.0 Å². The number of nitrogens with zero attached hydrogens (tertiary/aromatic N) is 5. The van der Waals surface area contributed by atoms with Crippen molar-refractivity contribution in [2.75, 3.05) is 31.6 Å². The molecule has 0 bridgehead atoms. The number of nitrogens with one attached hydrogen (secondary N) is 2. The van der Waals surface area contributed by atoms with E-state index in [0.717, 1.165) is 50.1 Å². The number of para-hydroxylation sites is 1. The summed E-state index contributed by atoms with van der Waals surface area (Å²) in [7, 11) is 4.10. The van der Waals surface area contributed by atoms with Gasteiger partial charge in [0.1, 0.15) is 12.4 Å². The van der Waals surface area contributed by atoms with Gasteiger partial charge in [-0.25, -0.2) is 4.99 Å². The van der Waals surface area contributed by atoms with Gasteiger partial charge in [-0.2, -0.15) is 0 Å². The Bertz CT molecular complexity index is 1030. The van der Waals surface area contributed by atoms with E-state index in [1.54, 1.807) is 0 Å². The number of aryl methyl sites for hydroxylation is 3. The molecule has 0 spiro atoms. The molecule has 0 fully saturated rings. The quantitative estimate of drug-likeness (QED) is 0.165. The van der Waals surface area contributed by atoms with E-state index < -0.39 is 0 Å². The van der Waals surface area contributed by atoms with Crippen LogP contribution in [0.25, 0.3) is 0 Å². The summed E-state index contributed by atoms with van der Waals surface area (Å²) in [5.41, 5.74) is 5.18. The Labute approximate surface area is 221 Å². The van der Waals surface area contributed by atoms with Gasteiger partial charge in [0.2, 0.25) is 0 Å². The molecule has 0 radical (unpaired) electrons. The smallest absolute Gasteiger partial charge is 0.191 e. The van der Waals surface area contributed by atoms with Gasteiger partial charge in [0.05, 0.1) is 0 Å². The minimum absolute atomic E-state index is 0. The molecule has 2 aromatic carbocycles. The van der Waals surface area contributed by atoms with Crippen LogP contribution in [-0.2, 0) is 20.0 Å². The van der Waals surface area contributed by atoms with E-state index >= 15 is 0 Å². The summed E-state index contributed by atoms with van der Waals surface area (Å²) >= 11 is 0.